The minimum absolute atomic E-state index is 0.0409. The van der Waals surface area contributed by atoms with Gasteiger partial charge in [0.15, 0.2) is 5.78 Å². The Bertz CT molecular complexity index is 515. The van der Waals surface area contributed by atoms with Gasteiger partial charge in [0.1, 0.15) is 5.92 Å². The Balaban J connectivity index is 3.17. The summed E-state index contributed by atoms with van der Waals surface area (Å²) in [5, 5.41) is 9.13. The Kier molecular flexibility index (Phi) is 4.52. The monoisotopic (exact) mass is 257 g/mol. The van der Waals surface area contributed by atoms with Gasteiger partial charge in [0.2, 0.25) is 0 Å². The average Bonchev–Trinajstić information content (AvgIpc) is 2.27. The van der Waals surface area contributed by atoms with Crippen molar-refractivity contribution in [2.24, 2.45) is 11.8 Å². The lowest BCUT2D eigenvalue weighted by Gasteiger charge is -2.21. The molecule has 0 fully saturated rings. The molecular formula is C17H23NO. The van der Waals surface area contributed by atoms with Gasteiger partial charge in [-0.3, -0.25) is 4.79 Å². The number of carbonyl (C=O) groups excluding carboxylic acids is 1. The molecule has 0 N–H and O–H groups in total. The van der Waals surface area contributed by atoms with Gasteiger partial charge in [-0.15, -0.1) is 0 Å². The number of hydrogen-bond acceptors (Lipinski definition) is 2. The van der Waals surface area contributed by atoms with Gasteiger partial charge in [-0.25, -0.2) is 0 Å². The van der Waals surface area contributed by atoms with Crippen molar-refractivity contribution >= 4 is 5.78 Å². The van der Waals surface area contributed by atoms with E-state index < -0.39 is 5.92 Å². The molecule has 0 saturated carbocycles. The lowest BCUT2D eigenvalue weighted by molar-refractivity contribution is 0.0924. The molecule has 0 spiro atoms. The summed E-state index contributed by atoms with van der Waals surface area (Å²) in [6, 6.07) is 8.04. The highest BCUT2D eigenvalue weighted by Gasteiger charge is 2.25. The molecular weight excluding hydrogens is 234 g/mol. The van der Waals surface area contributed by atoms with E-state index in [1.165, 1.54) is 5.56 Å². The highest BCUT2D eigenvalue weighted by Crippen LogP contribution is 2.26. The number of carbonyl (C=O) groups is 1. The molecule has 102 valence electrons. The Labute approximate surface area is 116 Å². The number of benzene rings is 1. The molecule has 19 heavy (non-hydrogen) atoms. The maximum atomic E-state index is 12.4. The van der Waals surface area contributed by atoms with Crippen LogP contribution in [0.1, 0.15) is 56.1 Å². The first-order valence-electron chi connectivity index (χ1n) is 6.73. The minimum Gasteiger partial charge on any atom is -0.293 e. The molecule has 0 aliphatic heterocycles. The van der Waals surface area contributed by atoms with Crippen molar-refractivity contribution in [3.05, 3.63) is 34.9 Å². The van der Waals surface area contributed by atoms with Crippen molar-refractivity contribution in [1.82, 2.24) is 0 Å². The van der Waals surface area contributed by atoms with Gasteiger partial charge in [0.25, 0.3) is 0 Å². The van der Waals surface area contributed by atoms with Crippen LogP contribution in [-0.4, -0.2) is 5.78 Å². The van der Waals surface area contributed by atoms with E-state index in [1.807, 2.05) is 32.9 Å². The van der Waals surface area contributed by atoms with E-state index in [-0.39, 0.29) is 17.1 Å². The largest absolute Gasteiger partial charge is 0.293 e. The fourth-order valence-electron chi connectivity index (χ4n) is 2.08. The second-order valence-electron chi connectivity index (χ2n) is 6.49. The van der Waals surface area contributed by atoms with Crippen LogP contribution in [-0.2, 0) is 5.41 Å². The molecule has 1 aromatic rings. The second-order valence-corrected chi connectivity index (χ2v) is 6.49. The molecule has 0 heterocycles. The van der Waals surface area contributed by atoms with Gasteiger partial charge in [0.05, 0.1) is 6.07 Å². The summed E-state index contributed by atoms with van der Waals surface area (Å²) in [5.74, 6) is -0.575. The average molecular weight is 257 g/mol. The highest BCUT2D eigenvalue weighted by atomic mass is 16.1. The van der Waals surface area contributed by atoms with Crippen molar-refractivity contribution in [3.63, 3.8) is 0 Å². The molecule has 1 aromatic carbocycles. The van der Waals surface area contributed by atoms with Crippen molar-refractivity contribution in [2.45, 2.75) is 47.0 Å². The third kappa shape index (κ3) is 3.44. The molecule has 1 unspecified atom stereocenters. The topological polar surface area (TPSA) is 40.9 Å². The zero-order valence-corrected chi connectivity index (χ0v) is 12.7. The summed E-state index contributed by atoms with van der Waals surface area (Å²) in [4.78, 5) is 12.4. The smallest absolute Gasteiger partial charge is 0.180 e. The Hall–Kier alpha value is -1.62. The normalized spacial score (nSPS) is 13.2. The fraction of sp³-hybridized carbons (Fsp3) is 0.529. The molecule has 1 rings (SSSR count). The standard InChI is InChI=1S/C17H23NO/c1-11(2)15(10-18)16(19)14-8-7-13(9-12(14)3)17(4,5)6/h7-9,11,15H,1-6H3. The van der Waals surface area contributed by atoms with Gasteiger partial charge in [-0.2, -0.15) is 5.26 Å². The van der Waals surface area contributed by atoms with E-state index in [2.05, 4.69) is 32.9 Å². The van der Waals surface area contributed by atoms with Crippen LogP contribution in [0.4, 0.5) is 0 Å². The first kappa shape index (κ1) is 15.4. The number of nitriles is 1. The Morgan fingerprint density at radius 3 is 2.21 bits per heavy atom. The lowest BCUT2D eigenvalue weighted by atomic mass is 9.82. The van der Waals surface area contributed by atoms with Crippen LogP contribution in [0.5, 0.6) is 0 Å². The predicted molar refractivity (Wildman–Crippen MR) is 78.2 cm³/mol. The highest BCUT2D eigenvalue weighted by molar-refractivity contribution is 6.00. The molecule has 0 bridgehead atoms. The molecule has 0 saturated heterocycles. The van der Waals surface area contributed by atoms with E-state index >= 15 is 0 Å². The zero-order chi connectivity index (χ0) is 14.8. The van der Waals surface area contributed by atoms with Crippen molar-refractivity contribution in [3.8, 4) is 6.07 Å². The summed E-state index contributed by atoms with van der Waals surface area (Å²) in [6.07, 6.45) is 0. The molecule has 0 aliphatic rings. The summed E-state index contributed by atoms with van der Waals surface area (Å²) in [6.45, 7) is 12.2. The second kappa shape index (κ2) is 5.57. The minimum atomic E-state index is -0.556. The lowest BCUT2D eigenvalue weighted by Crippen LogP contribution is -2.20. The van der Waals surface area contributed by atoms with Crippen LogP contribution in [0.25, 0.3) is 0 Å². The van der Waals surface area contributed by atoms with E-state index in [1.54, 1.807) is 0 Å². The summed E-state index contributed by atoms with van der Waals surface area (Å²) < 4.78 is 0. The van der Waals surface area contributed by atoms with Gasteiger partial charge in [-0.1, -0.05) is 52.8 Å². The fourth-order valence-corrected chi connectivity index (χ4v) is 2.08. The summed E-state index contributed by atoms with van der Waals surface area (Å²) in [5.41, 5.74) is 2.91. The quantitative estimate of drug-likeness (QED) is 0.759. The number of Topliss-reactive ketones (excluding diaryl/α,β-unsaturated/α-hetero) is 1. The number of nitrogens with zero attached hydrogens (tertiary/aromatic N) is 1. The van der Waals surface area contributed by atoms with Crippen LogP contribution < -0.4 is 0 Å². The molecule has 0 aromatic heterocycles. The van der Waals surface area contributed by atoms with Crippen LogP contribution in [0.2, 0.25) is 0 Å². The predicted octanol–water partition coefficient (Wildman–Crippen LogP) is 4.27. The SMILES string of the molecule is Cc1cc(C(C)(C)C)ccc1C(=O)C(C#N)C(C)C. The van der Waals surface area contributed by atoms with Gasteiger partial charge < -0.3 is 0 Å². The third-order valence-corrected chi connectivity index (χ3v) is 3.45. The van der Waals surface area contributed by atoms with Crippen LogP contribution in [0, 0.1) is 30.1 Å². The Morgan fingerprint density at radius 2 is 1.84 bits per heavy atom. The van der Waals surface area contributed by atoms with Gasteiger partial charge in [0, 0.05) is 5.56 Å². The molecule has 0 amide bonds. The van der Waals surface area contributed by atoms with Crippen LogP contribution in [0.15, 0.2) is 18.2 Å². The number of aryl methyl sites for hydroxylation is 1. The summed E-state index contributed by atoms with van der Waals surface area (Å²) in [7, 11) is 0. The maximum Gasteiger partial charge on any atom is 0.180 e. The number of ketones is 1. The van der Waals surface area contributed by atoms with Crippen molar-refractivity contribution in [1.29, 1.82) is 5.26 Å². The third-order valence-electron chi connectivity index (χ3n) is 3.45. The van der Waals surface area contributed by atoms with E-state index in [0.717, 1.165) is 5.56 Å². The number of hydrogen-bond donors (Lipinski definition) is 0. The van der Waals surface area contributed by atoms with Crippen molar-refractivity contribution in [2.75, 3.05) is 0 Å². The molecule has 0 radical (unpaired) electrons. The number of rotatable bonds is 3. The maximum absolute atomic E-state index is 12.4. The molecule has 2 heteroatoms. The van der Waals surface area contributed by atoms with E-state index in [4.69, 9.17) is 5.26 Å². The summed E-state index contributed by atoms with van der Waals surface area (Å²) >= 11 is 0. The van der Waals surface area contributed by atoms with E-state index in [9.17, 15) is 4.79 Å². The van der Waals surface area contributed by atoms with Crippen LogP contribution >= 0.6 is 0 Å². The van der Waals surface area contributed by atoms with Crippen molar-refractivity contribution < 1.29 is 4.79 Å². The zero-order valence-electron chi connectivity index (χ0n) is 12.7. The first-order chi connectivity index (χ1) is 8.68. The van der Waals surface area contributed by atoms with E-state index in [0.29, 0.717) is 5.56 Å². The van der Waals surface area contributed by atoms with Gasteiger partial charge in [-0.05, 0) is 29.4 Å². The van der Waals surface area contributed by atoms with Gasteiger partial charge >= 0.3 is 0 Å². The molecule has 1 atom stereocenters. The Morgan fingerprint density at radius 1 is 1.26 bits per heavy atom. The van der Waals surface area contributed by atoms with Crippen LogP contribution in [0.3, 0.4) is 0 Å². The molecule has 2 nitrogen and oxygen atoms in total. The molecule has 0 aliphatic carbocycles. The first-order valence-corrected chi connectivity index (χ1v) is 6.73.